The number of aromatic nitrogens is 1. The maximum Gasteiger partial charge on any atom is 0.191 e. The summed E-state index contributed by atoms with van der Waals surface area (Å²) in [5, 5.41) is 16.5. The highest BCUT2D eigenvalue weighted by Gasteiger charge is 2.48. The van der Waals surface area contributed by atoms with Crippen molar-refractivity contribution in [1.82, 2.24) is 5.16 Å². The largest absolute Gasteiger partial charge is 1.00 e. The van der Waals surface area contributed by atoms with Gasteiger partial charge in [-0.25, -0.2) is 0 Å². The SMILES string of the molecule is OC(c1ccccc1)(c1ccccc1)c1cc(C[N+]23CCC(CC2)[C@@H](Oc2ccc4c(c2)CCO4)C3)on1.[Br-]. The number of aliphatic hydroxyl groups is 1. The molecule has 202 valence electrons. The maximum atomic E-state index is 12.1. The summed E-state index contributed by atoms with van der Waals surface area (Å²) in [6.07, 6.45) is 3.44. The lowest BCUT2D eigenvalue weighted by Crippen LogP contribution is -3.00. The fraction of sp³-hybridized carbons (Fsp3) is 0.344. The molecule has 1 N–H and O–H groups in total. The molecule has 0 aliphatic carbocycles. The van der Waals surface area contributed by atoms with Crippen molar-refractivity contribution in [2.45, 2.75) is 37.5 Å². The predicted molar refractivity (Wildman–Crippen MR) is 143 cm³/mol. The highest BCUT2D eigenvalue weighted by Crippen LogP contribution is 2.40. The minimum Gasteiger partial charge on any atom is -1.00 e. The lowest BCUT2D eigenvalue weighted by molar-refractivity contribution is -0.959. The number of nitrogens with zero attached hydrogens (tertiary/aromatic N) is 2. The molecule has 5 heterocycles. The minimum absolute atomic E-state index is 0. The van der Waals surface area contributed by atoms with Crippen LogP contribution in [0.2, 0.25) is 0 Å². The standard InChI is InChI=1S/C32H33N2O4.BrH/c35-32(25-7-3-1-4-8-25,26-9-5-2-6-10-26)31-20-28(38-33-31)21-34-16-13-23(14-17-34)30(22-34)37-27-11-12-29-24(19-27)15-18-36-29;/h1-12,19-20,23,30,35H,13-18,21-22H2;1H/q+1;/p-1/t23?,30-,34?;/m0./s1. The van der Waals surface area contributed by atoms with Crippen molar-refractivity contribution in [3.63, 3.8) is 0 Å². The number of fused-ring (bicyclic) bond motifs is 4. The first-order valence-electron chi connectivity index (χ1n) is 13.7. The van der Waals surface area contributed by atoms with E-state index in [-0.39, 0.29) is 23.1 Å². The van der Waals surface area contributed by atoms with Gasteiger partial charge in [0.05, 0.1) is 19.7 Å². The summed E-state index contributed by atoms with van der Waals surface area (Å²) in [5.74, 6) is 3.33. The number of rotatable bonds is 7. The van der Waals surface area contributed by atoms with Gasteiger partial charge in [-0.3, -0.25) is 0 Å². The van der Waals surface area contributed by atoms with Gasteiger partial charge in [0.25, 0.3) is 0 Å². The van der Waals surface area contributed by atoms with E-state index in [1.54, 1.807) is 0 Å². The Kier molecular flexibility index (Phi) is 7.00. The number of ether oxygens (including phenoxy) is 2. The Labute approximate surface area is 239 Å². The molecule has 39 heavy (non-hydrogen) atoms. The van der Waals surface area contributed by atoms with Crippen LogP contribution >= 0.6 is 0 Å². The Bertz CT molecular complexity index is 1380. The zero-order valence-electron chi connectivity index (χ0n) is 21.8. The van der Waals surface area contributed by atoms with Gasteiger partial charge in [0, 0.05) is 36.8 Å². The summed E-state index contributed by atoms with van der Waals surface area (Å²) in [4.78, 5) is 0. The van der Waals surface area contributed by atoms with E-state index in [0.717, 1.165) is 84.9 Å². The van der Waals surface area contributed by atoms with E-state index >= 15 is 0 Å². The number of halogens is 1. The molecule has 4 aromatic rings. The predicted octanol–water partition coefficient (Wildman–Crippen LogP) is 2.09. The lowest BCUT2D eigenvalue weighted by Gasteiger charge is -2.51. The topological polar surface area (TPSA) is 64.7 Å². The second-order valence-electron chi connectivity index (χ2n) is 11.1. The van der Waals surface area contributed by atoms with Crippen molar-refractivity contribution in [3.8, 4) is 11.5 Å². The third-order valence-corrected chi connectivity index (χ3v) is 8.79. The molecule has 3 saturated heterocycles. The monoisotopic (exact) mass is 588 g/mol. The molecule has 6 nitrogen and oxygen atoms in total. The summed E-state index contributed by atoms with van der Waals surface area (Å²) >= 11 is 0. The van der Waals surface area contributed by atoms with Gasteiger partial charge in [0.1, 0.15) is 30.3 Å². The molecule has 0 amide bonds. The third kappa shape index (κ3) is 4.77. The Morgan fingerprint density at radius 1 is 0.923 bits per heavy atom. The number of hydrogen-bond acceptors (Lipinski definition) is 5. The number of benzene rings is 3. The summed E-state index contributed by atoms with van der Waals surface area (Å²) in [6.45, 7) is 4.68. The summed E-state index contributed by atoms with van der Waals surface area (Å²) in [7, 11) is 0. The molecule has 7 heteroatoms. The highest BCUT2D eigenvalue weighted by molar-refractivity contribution is 5.44. The van der Waals surface area contributed by atoms with E-state index < -0.39 is 5.60 Å². The van der Waals surface area contributed by atoms with Crippen LogP contribution in [-0.2, 0) is 18.6 Å². The van der Waals surface area contributed by atoms with E-state index in [1.165, 1.54) is 5.56 Å². The second-order valence-corrected chi connectivity index (χ2v) is 11.1. The van der Waals surface area contributed by atoms with Gasteiger partial charge in [-0.2, -0.15) is 0 Å². The van der Waals surface area contributed by atoms with Crippen LogP contribution in [0.5, 0.6) is 11.5 Å². The quantitative estimate of drug-likeness (QED) is 0.335. The van der Waals surface area contributed by atoms with Crippen LogP contribution in [-0.4, -0.2) is 47.1 Å². The molecule has 2 bridgehead atoms. The Hall–Kier alpha value is -3.13. The lowest BCUT2D eigenvalue weighted by atomic mass is 9.82. The average Bonchev–Trinajstić information content (AvgIpc) is 3.64. The van der Waals surface area contributed by atoms with Crippen LogP contribution in [0.25, 0.3) is 0 Å². The van der Waals surface area contributed by atoms with Crippen molar-refractivity contribution in [2.75, 3.05) is 26.2 Å². The van der Waals surface area contributed by atoms with E-state index in [1.807, 2.05) is 78.9 Å². The van der Waals surface area contributed by atoms with Crippen molar-refractivity contribution in [2.24, 2.45) is 5.92 Å². The molecule has 1 aromatic heterocycles. The number of piperidine rings is 3. The summed E-state index contributed by atoms with van der Waals surface area (Å²) in [6, 6.07) is 27.6. The first kappa shape index (κ1) is 26.1. The van der Waals surface area contributed by atoms with Crippen molar-refractivity contribution in [1.29, 1.82) is 0 Å². The molecule has 1 atom stereocenters. The van der Waals surface area contributed by atoms with Crippen LogP contribution in [0.4, 0.5) is 0 Å². The van der Waals surface area contributed by atoms with Gasteiger partial charge < -0.3 is 40.6 Å². The van der Waals surface area contributed by atoms with Gasteiger partial charge in [0.15, 0.2) is 17.5 Å². The van der Waals surface area contributed by atoms with E-state index in [0.29, 0.717) is 11.6 Å². The Morgan fingerprint density at radius 2 is 1.62 bits per heavy atom. The molecule has 0 radical (unpaired) electrons. The highest BCUT2D eigenvalue weighted by atomic mass is 79.9. The van der Waals surface area contributed by atoms with Gasteiger partial charge in [-0.05, 0) is 29.3 Å². The van der Waals surface area contributed by atoms with Crippen LogP contribution in [0, 0.1) is 5.92 Å². The molecule has 4 aliphatic heterocycles. The fourth-order valence-corrected chi connectivity index (χ4v) is 6.70. The van der Waals surface area contributed by atoms with Gasteiger partial charge in [0.2, 0.25) is 0 Å². The normalized spacial score (nSPS) is 23.5. The van der Waals surface area contributed by atoms with Crippen molar-refractivity contribution in [3.05, 3.63) is 113 Å². The molecular weight excluding hydrogens is 556 g/mol. The third-order valence-electron chi connectivity index (χ3n) is 8.79. The van der Waals surface area contributed by atoms with Crippen LogP contribution in [0.15, 0.2) is 89.5 Å². The fourth-order valence-electron chi connectivity index (χ4n) is 6.70. The average molecular weight is 590 g/mol. The van der Waals surface area contributed by atoms with Gasteiger partial charge >= 0.3 is 0 Å². The molecule has 0 saturated carbocycles. The first-order valence-corrected chi connectivity index (χ1v) is 13.7. The van der Waals surface area contributed by atoms with E-state index in [4.69, 9.17) is 14.0 Å². The molecule has 0 spiro atoms. The Morgan fingerprint density at radius 3 is 2.31 bits per heavy atom. The molecule has 8 rings (SSSR count). The molecule has 3 fully saturated rings. The van der Waals surface area contributed by atoms with E-state index in [2.05, 4.69) is 11.2 Å². The Balaban J connectivity index is 0.00000277. The van der Waals surface area contributed by atoms with Crippen LogP contribution in [0.1, 0.15) is 41.0 Å². The number of hydrogen-bond donors (Lipinski definition) is 1. The molecular formula is C32H33BrN2O4. The maximum absolute atomic E-state index is 12.1. The zero-order valence-corrected chi connectivity index (χ0v) is 23.4. The molecule has 3 aromatic carbocycles. The number of quaternary nitrogens is 1. The minimum atomic E-state index is -1.39. The van der Waals surface area contributed by atoms with Crippen LogP contribution in [0.3, 0.4) is 0 Å². The summed E-state index contributed by atoms with van der Waals surface area (Å²) < 4.78 is 19.1. The molecule has 0 unspecified atom stereocenters. The first-order chi connectivity index (χ1) is 18.6. The zero-order chi connectivity index (χ0) is 25.6. The van der Waals surface area contributed by atoms with Crippen LogP contribution < -0.4 is 26.5 Å². The summed E-state index contributed by atoms with van der Waals surface area (Å²) in [5.41, 5.74) is 1.91. The van der Waals surface area contributed by atoms with Crippen molar-refractivity contribution >= 4 is 0 Å². The van der Waals surface area contributed by atoms with E-state index in [9.17, 15) is 5.11 Å². The molecule has 4 aliphatic rings. The van der Waals surface area contributed by atoms with Crippen molar-refractivity contribution < 1.29 is 40.6 Å². The van der Waals surface area contributed by atoms with Gasteiger partial charge in [-0.15, -0.1) is 0 Å². The second kappa shape index (κ2) is 10.5. The van der Waals surface area contributed by atoms with Gasteiger partial charge in [-0.1, -0.05) is 65.8 Å². The smallest absolute Gasteiger partial charge is 0.191 e.